The Kier molecular flexibility index (Phi) is 10.6. The van der Waals surface area contributed by atoms with Gasteiger partial charge in [-0.1, -0.05) is 24.3 Å². The molecule has 2 N–H and O–H groups in total. The van der Waals surface area contributed by atoms with Gasteiger partial charge in [0.15, 0.2) is 5.96 Å². The van der Waals surface area contributed by atoms with E-state index in [1.54, 1.807) is 7.11 Å². The first-order valence-corrected chi connectivity index (χ1v) is 6.39. The number of hydrogen-bond donors (Lipinski definition) is 2. The van der Waals surface area contributed by atoms with Crippen LogP contribution in [0.2, 0.25) is 0 Å². The first kappa shape index (κ1) is 18.2. The maximum absolute atomic E-state index is 5.19. The second-order valence-electron chi connectivity index (χ2n) is 3.93. The molecule has 0 aromatic heterocycles. The Morgan fingerprint density at radius 2 is 1.68 bits per heavy atom. The summed E-state index contributed by atoms with van der Waals surface area (Å²) in [6.45, 7) is 7.15. The van der Waals surface area contributed by atoms with Gasteiger partial charge in [-0.25, -0.2) is 4.99 Å². The highest BCUT2D eigenvalue weighted by Gasteiger charge is 2.01. The van der Waals surface area contributed by atoms with Crippen LogP contribution in [0.25, 0.3) is 0 Å². The zero-order chi connectivity index (χ0) is 13.2. The molecule has 0 heterocycles. The SMILES string of the molecule is CCNC(=NCc1ccccc1COC)NCC.I. The molecule has 0 aliphatic carbocycles. The fourth-order valence-corrected chi connectivity index (χ4v) is 1.68. The van der Waals surface area contributed by atoms with Gasteiger partial charge in [-0.2, -0.15) is 0 Å². The maximum Gasteiger partial charge on any atom is 0.191 e. The topological polar surface area (TPSA) is 45.7 Å². The second kappa shape index (κ2) is 11.0. The third-order valence-electron chi connectivity index (χ3n) is 2.51. The van der Waals surface area contributed by atoms with E-state index in [2.05, 4.69) is 41.6 Å². The van der Waals surface area contributed by atoms with Crippen LogP contribution < -0.4 is 10.6 Å². The quantitative estimate of drug-likeness (QED) is 0.455. The van der Waals surface area contributed by atoms with Crippen LogP contribution in [0.15, 0.2) is 29.3 Å². The van der Waals surface area contributed by atoms with E-state index in [1.807, 2.05) is 12.1 Å². The molecule has 0 radical (unpaired) electrons. The van der Waals surface area contributed by atoms with Gasteiger partial charge in [0.25, 0.3) is 0 Å². The minimum absolute atomic E-state index is 0. The van der Waals surface area contributed by atoms with Gasteiger partial charge >= 0.3 is 0 Å². The summed E-state index contributed by atoms with van der Waals surface area (Å²) in [5.41, 5.74) is 2.39. The number of rotatable bonds is 6. The summed E-state index contributed by atoms with van der Waals surface area (Å²) in [6.07, 6.45) is 0. The lowest BCUT2D eigenvalue weighted by Gasteiger charge is -2.10. The molecule has 1 rings (SSSR count). The molecular weight excluding hydrogens is 353 g/mol. The van der Waals surface area contributed by atoms with Crippen molar-refractivity contribution in [1.29, 1.82) is 0 Å². The van der Waals surface area contributed by atoms with Crippen LogP contribution in [0.1, 0.15) is 25.0 Å². The third-order valence-corrected chi connectivity index (χ3v) is 2.51. The predicted octanol–water partition coefficient (Wildman–Crippen LogP) is 2.53. The van der Waals surface area contributed by atoms with Crippen molar-refractivity contribution in [1.82, 2.24) is 10.6 Å². The number of hydrogen-bond acceptors (Lipinski definition) is 2. The van der Waals surface area contributed by atoms with E-state index in [0.29, 0.717) is 13.2 Å². The molecule has 1 aromatic carbocycles. The monoisotopic (exact) mass is 377 g/mol. The molecule has 0 bridgehead atoms. The van der Waals surface area contributed by atoms with Crippen LogP contribution in [0, 0.1) is 0 Å². The second-order valence-corrected chi connectivity index (χ2v) is 3.93. The van der Waals surface area contributed by atoms with Gasteiger partial charge in [-0.3, -0.25) is 0 Å². The minimum atomic E-state index is 0. The van der Waals surface area contributed by atoms with Crippen molar-refractivity contribution < 1.29 is 4.74 Å². The molecule has 4 nitrogen and oxygen atoms in total. The molecule has 0 atom stereocenters. The lowest BCUT2D eigenvalue weighted by molar-refractivity contribution is 0.184. The Balaban J connectivity index is 0.00000324. The van der Waals surface area contributed by atoms with Crippen molar-refractivity contribution in [3.05, 3.63) is 35.4 Å². The fourth-order valence-electron chi connectivity index (χ4n) is 1.68. The van der Waals surface area contributed by atoms with Crippen LogP contribution in [0.3, 0.4) is 0 Å². The normalized spacial score (nSPS) is 9.42. The van der Waals surface area contributed by atoms with Crippen molar-refractivity contribution in [3.63, 3.8) is 0 Å². The van der Waals surface area contributed by atoms with Gasteiger partial charge in [0.1, 0.15) is 0 Å². The van der Waals surface area contributed by atoms with E-state index >= 15 is 0 Å². The number of methoxy groups -OCH3 is 1. The van der Waals surface area contributed by atoms with E-state index in [9.17, 15) is 0 Å². The molecule has 0 fully saturated rings. The van der Waals surface area contributed by atoms with Crippen molar-refractivity contribution >= 4 is 29.9 Å². The number of aliphatic imine (C=N–C) groups is 1. The fraction of sp³-hybridized carbons (Fsp3) is 0.500. The average molecular weight is 377 g/mol. The Labute approximate surface area is 133 Å². The van der Waals surface area contributed by atoms with Gasteiger partial charge < -0.3 is 15.4 Å². The number of benzene rings is 1. The molecular formula is C14H24IN3O. The molecule has 108 valence electrons. The van der Waals surface area contributed by atoms with Crippen LogP contribution >= 0.6 is 24.0 Å². The van der Waals surface area contributed by atoms with E-state index in [-0.39, 0.29) is 24.0 Å². The Morgan fingerprint density at radius 1 is 1.11 bits per heavy atom. The average Bonchev–Trinajstić information content (AvgIpc) is 2.38. The Bertz CT molecular complexity index is 375. The van der Waals surface area contributed by atoms with Gasteiger partial charge in [0.05, 0.1) is 13.2 Å². The number of nitrogens with zero attached hydrogens (tertiary/aromatic N) is 1. The van der Waals surface area contributed by atoms with Crippen molar-refractivity contribution in [2.75, 3.05) is 20.2 Å². The molecule has 0 unspecified atom stereocenters. The van der Waals surface area contributed by atoms with Gasteiger partial charge in [-0.15, -0.1) is 24.0 Å². The zero-order valence-corrected chi connectivity index (χ0v) is 14.2. The van der Waals surface area contributed by atoms with Crippen LogP contribution in [-0.2, 0) is 17.9 Å². The highest BCUT2D eigenvalue weighted by molar-refractivity contribution is 14.0. The first-order chi connectivity index (χ1) is 8.81. The molecule has 0 saturated heterocycles. The van der Waals surface area contributed by atoms with Gasteiger partial charge in [0, 0.05) is 20.2 Å². The largest absolute Gasteiger partial charge is 0.380 e. The molecule has 0 saturated carbocycles. The van der Waals surface area contributed by atoms with Crippen LogP contribution in [0.4, 0.5) is 0 Å². The summed E-state index contributed by atoms with van der Waals surface area (Å²) in [6, 6.07) is 8.23. The van der Waals surface area contributed by atoms with Crippen LogP contribution in [-0.4, -0.2) is 26.2 Å². The van der Waals surface area contributed by atoms with Crippen molar-refractivity contribution in [3.8, 4) is 0 Å². The van der Waals surface area contributed by atoms with E-state index in [0.717, 1.165) is 19.0 Å². The summed E-state index contributed by atoms with van der Waals surface area (Å²) < 4.78 is 5.19. The smallest absolute Gasteiger partial charge is 0.191 e. The number of nitrogens with one attached hydrogen (secondary N) is 2. The molecule has 1 aromatic rings. The highest BCUT2D eigenvalue weighted by Crippen LogP contribution is 2.10. The number of ether oxygens (including phenoxy) is 1. The van der Waals surface area contributed by atoms with Crippen molar-refractivity contribution in [2.45, 2.75) is 27.0 Å². The highest BCUT2D eigenvalue weighted by atomic mass is 127. The predicted molar refractivity (Wildman–Crippen MR) is 91.1 cm³/mol. The lowest BCUT2D eigenvalue weighted by Crippen LogP contribution is -2.37. The molecule has 0 aliphatic rings. The molecule has 0 amide bonds. The number of guanidine groups is 1. The molecule has 19 heavy (non-hydrogen) atoms. The minimum Gasteiger partial charge on any atom is -0.380 e. The molecule has 0 spiro atoms. The summed E-state index contributed by atoms with van der Waals surface area (Å²) in [5, 5.41) is 6.43. The lowest BCUT2D eigenvalue weighted by atomic mass is 10.1. The van der Waals surface area contributed by atoms with Gasteiger partial charge in [-0.05, 0) is 25.0 Å². The summed E-state index contributed by atoms with van der Waals surface area (Å²) in [5.74, 6) is 0.854. The van der Waals surface area contributed by atoms with E-state index in [1.165, 1.54) is 11.1 Å². The third kappa shape index (κ3) is 6.77. The molecule has 0 aliphatic heterocycles. The summed E-state index contributed by atoms with van der Waals surface area (Å²) >= 11 is 0. The van der Waals surface area contributed by atoms with Gasteiger partial charge in [0.2, 0.25) is 0 Å². The van der Waals surface area contributed by atoms with Crippen molar-refractivity contribution in [2.24, 2.45) is 4.99 Å². The zero-order valence-electron chi connectivity index (χ0n) is 11.9. The molecule has 5 heteroatoms. The van der Waals surface area contributed by atoms with Crippen LogP contribution in [0.5, 0.6) is 0 Å². The number of halogens is 1. The summed E-state index contributed by atoms with van der Waals surface area (Å²) in [7, 11) is 1.71. The maximum atomic E-state index is 5.19. The standard InChI is InChI=1S/C14H23N3O.HI/c1-4-15-14(16-5-2)17-10-12-8-6-7-9-13(12)11-18-3;/h6-9H,4-5,10-11H2,1-3H3,(H2,15,16,17);1H. The first-order valence-electron chi connectivity index (χ1n) is 6.39. The van der Waals surface area contributed by atoms with E-state index < -0.39 is 0 Å². The van der Waals surface area contributed by atoms with E-state index in [4.69, 9.17) is 4.74 Å². The Morgan fingerprint density at radius 3 is 2.21 bits per heavy atom. The Hall–Kier alpha value is -0.820. The summed E-state index contributed by atoms with van der Waals surface area (Å²) in [4.78, 5) is 4.56.